The van der Waals surface area contributed by atoms with Crippen molar-refractivity contribution >= 4 is 22.7 Å². The molecule has 0 aliphatic carbocycles. The maximum absolute atomic E-state index is 13.4. The van der Waals surface area contributed by atoms with E-state index in [-0.39, 0.29) is 11.6 Å². The number of rotatable bonds is 4. The number of fused-ring (bicyclic) bond motifs is 2. The van der Waals surface area contributed by atoms with E-state index in [1.54, 1.807) is 9.36 Å². The minimum Gasteiger partial charge on any atom is -0.324 e. The summed E-state index contributed by atoms with van der Waals surface area (Å²) in [5, 5.41) is 6.98. The minimum absolute atomic E-state index is 0.154. The highest BCUT2D eigenvalue weighted by Crippen LogP contribution is 2.23. The largest absolute Gasteiger partial charge is 0.324 e. The minimum atomic E-state index is -0.446. The summed E-state index contributed by atoms with van der Waals surface area (Å²) in [5.41, 5.74) is 3.67. The molecule has 4 heterocycles. The van der Waals surface area contributed by atoms with Crippen LogP contribution < -0.4 is 16.2 Å². The summed E-state index contributed by atoms with van der Waals surface area (Å²) in [5.74, 6) is 0.338. The van der Waals surface area contributed by atoms with E-state index < -0.39 is 5.82 Å². The highest BCUT2D eigenvalue weighted by Gasteiger charge is 2.20. The molecule has 9 heteroatoms. The molecule has 5 rings (SSSR count). The van der Waals surface area contributed by atoms with Gasteiger partial charge < -0.3 is 10.6 Å². The van der Waals surface area contributed by atoms with Crippen molar-refractivity contribution in [3.63, 3.8) is 0 Å². The van der Waals surface area contributed by atoms with Crippen molar-refractivity contribution in [3.8, 4) is 5.82 Å². The van der Waals surface area contributed by atoms with Crippen LogP contribution in [-0.2, 0) is 13.0 Å². The lowest BCUT2D eigenvalue weighted by atomic mass is 10.0. The fourth-order valence-electron chi connectivity index (χ4n) is 3.92. The second kappa shape index (κ2) is 7.59. The lowest BCUT2D eigenvalue weighted by molar-refractivity contribution is 0.471. The molecule has 4 aromatic rings. The number of anilines is 2. The van der Waals surface area contributed by atoms with E-state index in [1.165, 1.54) is 29.5 Å². The van der Waals surface area contributed by atoms with Crippen molar-refractivity contribution < 1.29 is 4.39 Å². The molecule has 0 saturated heterocycles. The Morgan fingerprint density at radius 3 is 2.77 bits per heavy atom. The maximum atomic E-state index is 13.4. The summed E-state index contributed by atoms with van der Waals surface area (Å²) in [7, 11) is 0. The third-order valence-electron chi connectivity index (χ3n) is 5.39. The van der Waals surface area contributed by atoms with Crippen molar-refractivity contribution in [1.29, 1.82) is 0 Å². The lowest BCUT2D eigenvalue weighted by Gasteiger charge is -2.18. The van der Waals surface area contributed by atoms with Crippen molar-refractivity contribution in [1.82, 2.24) is 29.6 Å². The first-order valence-corrected chi connectivity index (χ1v) is 10.2. The quantitative estimate of drug-likeness (QED) is 0.528. The Balaban J connectivity index is 1.61. The molecule has 0 saturated carbocycles. The summed E-state index contributed by atoms with van der Waals surface area (Å²) in [6.07, 6.45) is 3.62. The first-order valence-electron chi connectivity index (χ1n) is 10.2. The van der Waals surface area contributed by atoms with Gasteiger partial charge in [0.25, 0.3) is 5.56 Å². The number of hydrogen-bond acceptors (Lipinski definition) is 6. The zero-order valence-corrected chi connectivity index (χ0v) is 17.3. The number of nitrogens with zero attached hydrogens (tertiary/aromatic N) is 5. The van der Waals surface area contributed by atoms with E-state index in [9.17, 15) is 9.18 Å². The highest BCUT2D eigenvalue weighted by atomic mass is 19.1. The third-order valence-corrected chi connectivity index (χ3v) is 5.39. The van der Waals surface area contributed by atoms with Gasteiger partial charge in [-0.3, -0.25) is 4.79 Å². The first-order chi connectivity index (χ1) is 15.0. The average molecular weight is 419 g/mol. The van der Waals surface area contributed by atoms with Crippen molar-refractivity contribution in [2.24, 2.45) is 0 Å². The van der Waals surface area contributed by atoms with Crippen LogP contribution in [0, 0.1) is 5.82 Å². The van der Waals surface area contributed by atoms with Crippen LogP contribution in [0.15, 0.2) is 47.5 Å². The van der Waals surface area contributed by atoms with Gasteiger partial charge in [0, 0.05) is 24.5 Å². The summed E-state index contributed by atoms with van der Waals surface area (Å²) in [6.45, 7) is 5.63. The van der Waals surface area contributed by atoms with E-state index in [2.05, 4.69) is 37.7 Å². The van der Waals surface area contributed by atoms with Crippen LogP contribution in [0.1, 0.15) is 31.0 Å². The maximum Gasteiger partial charge on any atom is 0.278 e. The van der Waals surface area contributed by atoms with E-state index in [1.807, 2.05) is 19.9 Å². The topological polar surface area (TPSA) is 89.7 Å². The van der Waals surface area contributed by atoms with Gasteiger partial charge in [-0.1, -0.05) is 6.07 Å². The molecule has 0 amide bonds. The van der Waals surface area contributed by atoms with Gasteiger partial charge in [-0.05, 0) is 62.2 Å². The van der Waals surface area contributed by atoms with Gasteiger partial charge >= 0.3 is 0 Å². The van der Waals surface area contributed by atoms with Crippen LogP contribution in [-0.4, -0.2) is 30.9 Å². The molecule has 31 heavy (non-hydrogen) atoms. The normalized spacial score (nSPS) is 13.5. The van der Waals surface area contributed by atoms with Gasteiger partial charge in [-0.25, -0.2) is 23.7 Å². The molecule has 0 spiro atoms. The monoisotopic (exact) mass is 419 g/mol. The van der Waals surface area contributed by atoms with Gasteiger partial charge in [0.05, 0.1) is 6.20 Å². The van der Waals surface area contributed by atoms with Crippen LogP contribution in [0.2, 0.25) is 0 Å². The highest BCUT2D eigenvalue weighted by molar-refractivity contribution is 5.77. The van der Waals surface area contributed by atoms with Crippen molar-refractivity contribution in [2.75, 3.05) is 11.9 Å². The molecule has 3 aromatic heterocycles. The molecule has 2 N–H and O–H groups in total. The van der Waals surface area contributed by atoms with Gasteiger partial charge in [0.1, 0.15) is 11.2 Å². The van der Waals surface area contributed by atoms with E-state index in [0.717, 1.165) is 31.4 Å². The zero-order chi connectivity index (χ0) is 21.5. The van der Waals surface area contributed by atoms with Gasteiger partial charge in [0.15, 0.2) is 11.5 Å². The Bertz CT molecular complexity index is 1320. The Morgan fingerprint density at radius 2 is 2.00 bits per heavy atom. The second-order valence-corrected chi connectivity index (χ2v) is 7.86. The molecular formula is C22H22FN7O. The van der Waals surface area contributed by atoms with Gasteiger partial charge in [-0.2, -0.15) is 4.98 Å². The van der Waals surface area contributed by atoms with Crippen LogP contribution in [0.25, 0.3) is 16.9 Å². The number of halogens is 1. The lowest BCUT2D eigenvalue weighted by Crippen LogP contribution is -2.24. The second-order valence-electron chi connectivity index (χ2n) is 7.86. The van der Waals surface area contributed by atoms with E-state index in [0.29, 0.717) is 22.8 Å². The smallest absolute Gasteiger partial charge is 0.278 e. The molecule has 158 valence electrons. The summed E-state index contributed by atoms with van der Waals surface area (Å²) in [6, 6.07) is 8.88. The Labute approximate surface area is 177 Å². The predicted molar refractivity (Wildman–Crippen MR) is 116 cm³/mol. The number of pyridine rings is 1. The standard InChI is InChI=1S/C22H22FN7O/c1-13(2)29-21(31)18-12-26-22(27-17-5-3-15-10-24-8-7-14(15)9-17)28-20(18)30(29)19-6-4-16(23)11-25-19/h3-6,9,11-13,24H,7-8,10H2,1-2H3,(H,26,27,28). The predicted octanol–water partition coefficient (Wildman–Crippen LogP) is 3.09. The molecule has 0 atom stereocenters. The molecule has 1 aliphatic rings. The molecule has 8 nitrogen and oxygen atoms in total. The molecule has 0 bridgehead atoms. The average Bonchev–Trinajstić information content (AvgIpc) is 3.06. The van der Waals surface area contributed by atoms with Crippen molar-refractivity contribution in [2.45, 2.75) is 32.9 Å². The molecule has 0 fully saturated rings. The summed E-state index contributed by atoms with van der Waals surface area (Å²) in [4.78, 5) is 26.1. The summed E-state index contributed by atoms with van der Waals surface area (Å²) >= 11 is 0. The number of aromatic nitrogens is 5. The number of benzene rings is 1. The van der Waals surface area contributed by atoms with Crippen molar-refractivity contribution in [3.05, 3.63) is 70.0 Å². The molecular weight excluding hydrogens is 397 g/mol. The Kier molecular flexibility index (Phi) is 4.74. The van der Waals surface area contributed by atoms with Crippen LogP contribution in [0.3, 0.4) is 0 Å². The Hall–Kier alpha value is -3.59. The zero-order valence-electron chi connectivity index (χ0n) is 17.3. The van der Waals surface area contributed by atoms with Gasteiger partial charge in [-0.15, -0.1) is 0 Å². The molecule has 0 unspecified atom stereocenters. The fourth-order valence-corrected chi connectivity index (χ4v) is 3.92. The molecule has 1 aromatic carbocycles. The van der Waals surface area contributed by atoms with E-state index in [4.69, 9.17) is 0 Å². The molecule has 0 radical (unpaired) electrons. The molecule has 1 aliphatic heterocycles. The summed E-state index contributed by atoms with van der Waals surface area (Å²) < 4.78 is 16.6. The number of nitrogens with one attached hydrogen (secondary N) is 2. The van der Waals surface area contributed by atoms with E-state index >= 15 is 0 Å². The third kappa shape index (κ3) is 3.46. The van der Waals surface area contributed by atoms with Crippen LogP contribution >= 0.6 is 0 Å². The van der Waals surface area contributed by atoms with Crippen LogP contribution in [0.4, 0.5) is 16.0 Å². The Morgan fingerprint density at radius 1 is 1.13 bits per heavy atom. The van der Waals surface area contributed by atoms with Gasteiger partial charge in [0.2, 0.25) is 5.95 Å². The van der Waals surface area contributed by atoms with Crippen LogP contribution in [0.5, 0.6) is 0 Å². The SMILES string of the molecule is CC(C)n1c(=O)c2cnc(Nc3ccc4c(c3)CCNC4)nc2n1-c1ccc(F)cn1. The first kappa shape index (κ1) is 19.4. The fraction of sp³-hybridized carbons (Fsp3) is 0.273. The number of hydrogen-bond donors (Lipinski definition) is 2.